The van der Waals surface area contributed by atoms with Gasteiger partial charge in [-0.25, -0.2) is 16.8 Å². The first-order valence-corrected chi connectivity index (χ1v) is 8.44. The van der Waals surface area contributed by atoms with Crippen molar-refractivity contribution in [2.75, 3.05) is 0 Å². The molecular weight excluding hydrogens is 319 g/mol. The van der Waals surface area contributed by atoms with Gasteiger partial charge in [-0.1, -0.05) is 29.3 Å². The minimum absolute atomic E-state index is 0.163. The third-order valence-electron chi connectivity index (χ3n) is 1.92. The summed E-state index contributed by atoms with van der Waals surface area (Å²) in [6.45, 7) is 0. The van der Waals surface area contributed by atoms with Gasteiger partial charge in [0.15, 0.2) is 0 Å². The normalized spacial score (nSPS) is 13.4. The molecule has 1 rings (SSSR count). The monoisotopic (exact) mass is 326 g/mol. The fourth-order valence-corrected chi connectivity index (χ4v) is 3.71. The van der Waals surface area contributed by atoms with Crippen molar-refractivity contribution < 1.29 is 16.8 Å². The average Bonchev–Trinajstić information content (AvgIpc) is 2.29. The summed E-state index contributed by atoms with van der Waals surface area (Å²) < 4.78 is 46.6. The van der Waals surface area contributed by atoms with Gasteiger partial charge in [0.25, 0.3) is 0 Å². The number of hydrogen-bond donors (Lipinski definition) is 0. The lowest BCUT2D eigenvalue weighted by molar-refractivity contribution is 0.603. The van der Waals surface area contributed by atoms with Crippen LogP contribution in [0.15, 0.2) is 55.9 Å². The van der Waals surface area contributed by atoms with E-state index < -0.39 is 19.7 Å². The fourth-order valence-electron chi connectivity index (χ4n) is 1.12. The van der Waals surface area contributed by atoms with Gasteiger partial charge in [0.1, 0.15) is 0 Å². The van der Waals surface area contributed by atoms with E-state index >= 15 is 0 Å². The highest BCUT2D eigenvalue weighted by atomic mass is 35.5. The zero-order valence-corrected chi connectivity index (χ0v) is 12.0. The first-order valence-electron chi connectivity index (χ1n) is 4.47. The van der Waals surface area contributed by atoms with E-state index in [9.17, 15) is 16.8 Å². The molecule has 1 aromatic rings. The molecule has 0 unspecified atom stereocenters. The SMILES string of the molecule is O=S(=O)(C=CCl)c1cccc(S(=O)(=O)C=CCl)c1. The maximum Gasteiger partial charge on any atom is 0.200 e. The van der Waals surface area contributed by atoms with Gasteiger partial charge < -0.3 is 0 Å². The Labute approximate surface area is 115 Å². The molecule has 1 aromatic carbocycles. The van der Waals surface area contributed by atoms with Crippen molar-refractivity contribution >= 4 is 42.9 Å². The topological polar surface area (TPSA) is 68.3 Å². The predicted molar refractivity (Wildman–Crippen MR) is 70.8 cm³/mol. The molecule has 0 bridgehead atoms. The van der Waals surface area contributed by atoms with Gasteiger partial charge in [-0.3, -0.25) is 0 Å². The largest absolute Gasteiger partial charge is 0.219 e. The van der Waals surface area contributed by atoms with E-state index in [1.54, 1.807) is 0 Å². The quantitative estimate of drug-likeness (QED) is 0.852. The minimum atomic E-state index is -3.74. The van der Waals surface area contributed by atoms with E-state index in [2.05, 4.69) is 0 Å². The van der Waals surface area contributed by atoms with Crippen LogP contribution in [0.2, 0.25) is 0 Å². The van der Waals surface area contributed by atoms with Gasteiger partial charge >= 0.3 is 0 Å². The molecule has 18 heavy (non-hydrogen) atoms. The number of sulfone groups is 2. The summed E-state index contributed by atoms with van der Waals surface area (Å²) >= 11 is 10.4. The highest BCUT2D eigenvalue weighted by Gasteiger charge is 2.15. The van der Waals surface area contributed by atoms with Crippen LogP contribution >= 0.6 is 23.2 Å². The summed E-state index contributed by atoms with van der Waals surface area (Å²) in [4.78, 5) is -0.327. The molecule has 0 saturated heterocycles. The molecule has 0 aliphatic heterocycles. The minimum Gasteiger partial charge on any atom is -0.219 e. The van der Waals surface area contributed by atoms with Crippen molar-refractivity contribution in [2.45, 2.75) is 9.79 Å². The van der Waals surface area contributed by atoms with Crippen LogP contribution in [-0.4, -0.2) is 16.8 Å². The summed E-state index contributed by atoms with van der Waals surface area (Å²) in [5.41, 5.74) is 1.68. The Morgan fingerprint density at radius 3 is 1.56 bits per heavy atom. The second kappa shape index (κ2) is 5.88. The number of rotatable bonds is 4. The van der Waals surface area contributed by atoms with Crippen LogP contribution < -0.4 is 0 Å². The van der Waals surface area contributed by atoms with Crippen molar-refractivity contribution in [2.24, 2.45) is 0 Å². The first kappa shape index (κ1) is 15.2. The molecule has 0 N–H and O–H groups in total. The second-order valence-electron chi connectivity index (χ2n) is 3.09. The lowest BCUT2D eigenvalue weighted by Gasteiger charge is -2.02. The zero-order valence-electron chi connectivity index (χ0n) is 8.82. The van der Waals surface area contributed by atoms with Crippen LogP contribution in [0, 0.1) is 0 Å². The standard InChI is InChI=1S/C10H8Cl2O4S2/c11-4-6-17(13,14)9-2-1-3-10(8-9)18(15,16)7-5-12/h1-8H. The molecule has 0 heterocycles. The van der Waals surface area contributed by atoms with Gasteiger partial charge in [0, 0.05) is 21.9 Å². The molecule has 0 amide bonds. The van der Waals surface area contributed by atoms with Crippen LogP contribution in [0.25, 0.3) is 0 Å². The summed E-state index contributed by atoms with van der Waals surface area (Å²) in [6, 6.07) is 4.91. The van der Waals surface area contributed by atoms with Crippen LogP contribution in [0.3, 0.4) is 0 Å². The summed E-state index contributed by atoms with van der Waals surface area (Å²) in [5, 5.41) is 1.55. The van der Waals surface area contributed by atoms with E-state index in [1.165, 1.54) is 18.2 Å². The van der Waals surface area contributed by atoms with Crippen LogP contribution in [0.5, 0.6) is 0 Å². The highest BCUT2D eigenvalue weighted by molar-refractivity contribution is 7.95. The Balaban J connectivity index is 3.41. The Kier molecular flexibility index (Phi) is 4.98. The third kappa shape index (κ3) is 3.58. The van der Waals surface area contributed by atoms with Crippen molar-refractivity contribution in [1.29, 1.82) is 0 Å². The van der Waals surface area contributed by atoms with Gasteiger partial charge in [0.05, 0.1) is 9.79 Å². The van der Waals surface area contributed by atoms with Gasteiger partial charge in [-0.05, 0) is 18.2 Å². The number of benzene rings is 1. The van der Waals surface area contributed by atoms with E-state index in [4.69, 9.17) is 23.2 Å². The Morgan fingerprint density at radius 2 is 1.22 bits per heavy atom. The van der Waals surface area contributed by atoms with Crippen LogP contribution in [0.1, 0.15) is 0 Å². The fraction of sp³-hybridized carbons (Fsp3) is 0. The van der Waals surface area contributed by atoms with Crippen molar-refractivity contribution in [3.8, 4) is 0 Å². The molecule has 4 nitrogen and oxygen atoms in total. The van der Waals surface area contributed by atoms with Crippen LogP contribution in [0.4, 0.5) is 0 Å². The number of halogens is 2. The molecule has 98 valence electrons. The lowest BCUT2D eigenvalue weighted by Crippen LogP contribution is -2.00. The van der Waals surface area contributed by atoms with Crippen LogP contribution in [-0.2, 0) is 19.7 Å². The van der Waals surface area contributed by atoms with Gasteiger partial charge in [-0.15, -0.1) is 0 Å². The summed E-state index contributed by atoms with van der Waals surface area (Å²) in [7, 11) is -7.48. The van der Waals surface area contributed by atoms with E-state index in [1.807, 2.05) is 0 Å². The molecule has 0 fully saturated rings. The highest BCUT2D eigenvalue weighted by Crippen LogP contribution is 2.19. The predicted octanol–water partition coefficient (Wildman–Crippen LogP) is 2.65. The maximum atomic E-state index is 11.7. The maximum absolute atomic E-state index is 11.7. The average molecular weight is 327 g/mol. The van der Waals surface area contributed by atoms with Crippen molar-refractivity contribution in [1.82, 2.24) is 0 Å². The van der Waals surface area contributed by atoms with Crippen molar-refractivity contribution in [3.05, 3.63) is 46.2 Å². The van der Waals surface area contributed by atoms with Gasteiger partial charge in [-0.2, -0.15) is 0 Å². The van der Waals surface area contributed by atoms with E-state index in [0.29, 0.717) is 0 Å². The van der Waals surface area contributed by atoms with Gasteiger partial charge in [0.2, 0.25) is 19.7 Å². The molecule has 0 saturated carbocycles. The Hall–Kier alpha value is -0.820. The Bertz CT molecular complexity index is 631. The molecule has 0 radical (unpaired) electrons. The second-order valence-corrected chi connectivity index (χ2v) is 7.26. The molecule has 8 heteroatoms. The van der Waals surface area contributed by atoms with E-state index in [-0.39, 0.29) is 9.79 Å². The summed E-state index contributed by atoms with van der Waals surface area (Å²) in [5.74, 6) is 0. The Morgan fingerprint density at radius 1 is 0.833 bits per heavy atom. The molecular formula is C10H8Cl2O4S2. The molecule has 0 atom stereocenters. The molecule has 0 aromatic heterocycles. The first-order chi connectivity index (χ1) is 8.33. The molecule has 0 spiro atoms. The number of hydrogen-bond acceptors (Lipinski definition) is 4. The zero-order chi connectivity index (χ0) is 13.8. The van der Waals surface area contributed by atoms with Crippen molar-refractivity contribution in [3.63, 3.8) is 0 Å². The van der Waals surface area contributed by atoms with E-state index in [0.717, 1.165) is 28.0 Å². The summed E-state index contributed by atoms with van der Waals surface area (Å²) in [6.07, 6.45) is 0. The third-order valence-corrected chi connectivity index (χ3v) is 5.29. The smallest absolute Gasteiger partial charge is 0.200 e. The molecule has 0 aliphatic carbocycles. The lowest BCUT2D eigenvalue weighted by atomic mass is 10.4. The molecule has 0 aliphatic rings.